The van der Waals surface area contributed by atoms with Crippen molar-refractivity contribution < 1.29 is 17.9 Å². The molecule has 4 rings (SSSR count). The number of amidine groups is 1. The fraction of sp³-hybridized carbons (Fsp3) is 0.167. The van der Waals surface area contributed by atoms with Crippen molar-refractivity contribution >= 4 is 38.6 Å². The lowest BCUT2D eigenvalue weighted by Gasteiger charge is -2.27. The molecule has 0 bridgehead atoms. The van der Waals surface area contributed by atoms with Crippen molar-refractivity contribution in [1.29, 1.82) is 0 Å². The van der Waals surface area contributed by atoms with E-state index in [4.69, 9.17) is 4.74 Å². The molecule has 1 heterocycles. The number of esters is 1. The molecule has 164 valence electrons. The molecule has 3 aromatic rings. The van der Waals surface area contributed by atoms with Crippen LogP contribution in [0.3, 0.4) is 0 Å². The molecule has 1 saturated heterocycles. The van der Waals surface area contributed by atoms with E-state index >= 15 is 0 Å². The highest BCUT2D eigenvalue weighted by molar-refractivity contribution is 8.16. The third-order valence-electron chi connectivity index (χ3n) is 5.09. The molecule has 0 saturated carbocycles. The van der Waals surface area contributed by atoms with Gasteiger partial charge in [0.1, 0.15) is 5.25 Å². The standard InChI is InChI=1S/C24H22N2O4S2/c1-17-13-15-20(16-14-17)32(28,29)26-21(18-9-5-3-6-10-18)22(23(27)30-2)31-24(26)25-19-11-7-4-8-12-19/h3-16,21-22H,1-2H3/t21-,22+/m1/s1. The maximum absolute atomic E-state index is 13.9. The molecule has 1 aliphatic heterocycles. The van der Waals surface area contributed by atoms with Crippen molar-refractivity contribution in [1.82, 2.24) is 4.31 Å². The first-order chi connectivity index (χ1) is 15.4. The number of thioether (sulfide) groups is 1. The fourth-order valence-electron chi connectivity index (χ4n) is 3.49. The second kappa shape index (κ2) is 9.18. The van der Waals surface area contributed by atoms with Crippen LogP contribution in [0.1, 0.15) is 17.2 Å². The van der Waals surface area contributed by atoms with E-state index in [9.17, 15) is 13.2 Å². The molecule has 0 aromatic heterocycles. The number of methoxy groups -OCH3 is 1. The molecule has 3 aromatic carbocycles. The minimum atomic E-state index is -4.02. The average Bonchev–Trinajstić information content (AvgIpc) is 3.20. The van der Waals surface area contributed by atoms with Crippen LogP contribution in [0.4, 0.5) is 5.69 Å². The van der Waals surface area contributed by atoms with Crippen LogP contribution in [0.2, 0.25) is 0 Å². The van der Waals surface area contributed by atoms with E-state index in [1.165, 1.54) is 11.4 Å². The monoisotopic (exact) mass is 466 g/mol. The molecule has 0 unspecified atom stereocenters. The summed E-state index contributed by atoms with van der Waals surface area (Å²) in [7, 11) is -2.72. The first-order valence-corrected chi connectivity index (χ1v) is 12.3. The Morgan fingerprint density at radius 2 is 1.53 bits per heavy atom. The SMILES string of the molecule is COC(=O)[C@H]1SC(=Nc2ccccc2)N(S(=O)(=O)c2ccc(C)cc2)[C@@H]1c1ccccc1. The first kappa shape index (κ1) is 22.1. The van der Waals surface area contributed by atoms with E-state index in [2.05, 4.69) is 4.99 Å². The van der Waals surface area contributed by atoms with Crippen molar-refractivity contribution in [3.05, 3.63) is 96.1 Å². The zero-order chi connectivity index (χ0) is 22.7. The second-order valence-corrected chi connectivity index (χ2v) is 10.2. The van der Waals surface area contributed by atoms with Crippen molar-refractivity contribution in [2.45, 2.75) is 23.1 Å². The largest absolute Gasteiger partial charge is 0.468 e. The number of carbonyl (C=O) groups excluding carboxylic acids is 1. The van der Waals surface area contributed by atoms with Gasteiger partial charge in [-0.1, -0.05) is 78.0 Å². The van der Waals surface area contributed by atoms with E-state index in [-0.39, 0.29) is 10.1 Å². The van der Waals surface area contributed by atoms with E-state index in [0.29, 0.717) is 11.3 Å². The minimum absolute atomic E-state index is 0.135. The summed E-state index contributed by atoms with van der Waals surface area (Å²) in [6.07, 6.45) is 0. The Kier molecular flexibility index (Phi) is 6.34. The topological polar surface area (TPSA) is 76.0 Å². The summed E-state index contributed by atoms with van der Waals surface area (Å²) in [6, 6.07) is 24.0. The quantitative estimate of drug-likeness (QED) is 0.510. The van der Waals surface area contributed by atoms with Crippen LogP contribution in [0.25, 0.3) is 0 Å². The van der Waals surface area contributed by atoms with Crippen molar-refractivity contribution in [2.75, 3.05) is 7.11 Å². The number of carbonyl (C=O) groups is 1. The lowest BCUT2D eigenvalue weighted by Crippen LogP contribution is -2.37. The first-order valence-electron chi connectivity index (χ1n) is 9.96. The van der Waals surface area contributed by atoms with Crippen molar-refractivity contribution in [3.8, 4) is 0 Å². The average molecular weight is 467 g/mol. The molecule has 0 aliphatic carbocycles. The van der Waals surface area contributed by atoms with Crippen LogP contribution in [0, 0.1) is 6.92 Å². The van der Waals surface area contributed by atoms with Gasteiger partial charge in [0.2, 0.25) is 0 Å². The van der Waals surface area contributed by atoms with Gasteiger partial charge < -0.3 is 4.74 Å². The van der Waals surface area contributed by atoms with Gasteiger partial charge in [0.15, 0.2) is 5.17 Å². The third kappa shape index (κ3) is 4.28. The number of aryl methyl sites for hydroxylation is 1. The van der Waals surface area contributed by atoms with Gasteiger partial charge in [0.05, 0.1) is 23.7 Å². The number of para-hydroxylation sites is 1. The Morgan fingerprint density at radius 3 is 2.12 bits per heavy atom. The summed E-state index contributed by atoms with van der Waals surface area (Å²) in [6.45, 7) is 1.89. The van der Waals surface area contributed by atoms with Crippen LogP contribution in [-0.2, 0) is 19.6 Å². The van der Waals surface area contributed by atoms with Crippen LogP contribution in [0.5, 0.6) is 0 Å². The van der Waals surface area contributed by atoms with E-state index in [0.717, 1.165) is 17.3 Å². The minimum Gasteiger partial charge on any atom is -0.468 e. The Morgan fingerprint density at radius 1 is 0.938 bits per heavy atom. The van der Waals surface area contributed by atoms with Crippen LogP contribution < -0.4 is 0 Å². The van der Waals surface area contributed by atoms with E-state index < -0.39 is 27.3 Å². The normalized spacial score (nSPS) is 19.8. The Balaban J connectivity index is 1.92. The molecule has 8 heteroatoms. The summed E-state index contributed by atoms with van der Waals surface area (Å²) in [4.78, 5) is 17.5. The summed E-state index contributed by atoms with van der Waals surface area (Å²) in [5.74, 6) is -0.508. The number of ether oxygens (including phenoxy) is 1. The Labute approximate surface area is 192 Å². The lowest BCUT2D eigenvalue weighted by atomic mass is 10.0. The Bertz CT molecular complexity index is 1230. The zero-order valence-electron chi connectivity index (χ0n) is 17.6. The molecular weight excluding hydrogens is 444 g/mol. The maximum atomic E-state index is 13.9. The van der Waals surface area contributed by atoms with Gasteiger partial charge in [0, 0.05) is 0 Å². The predicted molar refractivity (Wildman–Crippen MR) is 126 cm³/mol. The van der Waals surface area contributed by atoms with Gasteiger partial charge >= 0.3 is 5.97 Å². The number of hydrogen-bond donors (Lipinski definition) is 0. The van der Waals surface area contributed by atoms with Gasteiger partial charge in [-0.2, -0.15) is 0 Å². The second-order valence-electron chi connectivity index (χ2n) is 7.26. The van der Waals surface area contributed by atoms with Crippen molar-refractivity contribution in [2.24, 2.45) is 4.99 Å². The lowest BCUT2D eigenvalue weighted by molar-refractivity contribution is -0.140. The van der Waals surface area contributed by atoms with Gasteiger partial charge in [0.25, 0.3) is 10.0 Å². The molecule has 2 atom stereocenters. The molecule has 0 spiro atoms. The molecular formula is C24H22N2O4S2. The molecule has 32 heavy (non-hydrogen) atoms. The summed E-state index contributed by atoms with van der Waals surface area (Å²) in [5, 5.41) is -0.578. The number of aliphatic imine (C=N–C) groups is 1. The number of nitrogens with zero attached hydrogens (tertiary/aromatic N) is 2. The number of hydrogen-bond acceptors (Lipinski definition) is 6. The molecule has 0 amide bonds. The highest BCUT2D eigenvalue weighted by atomic mass is 32.2. The molecule has 1 aliphatic rings. The predicted octanol–water partition coefficient (Wildman–Crippen LogP) is 4.70. The highest BCUT2D eigenvalue weighted by Gasteiger charge is 2.50. The highest BCUT2D eigenvalue weighted by Crippen LogP contribution is 2.46. The number of benzene rings is 3. The van der Waals surface area contributed by atoms with Crippen LogP contribution in [0.15, 0.2) is 94.8 Å². The molecule has 0 N–H and O–H groups in total. The van der Waals surface area contributed by atoms with Crippen LogP contribution >= 0.6 is 11.8 Å². The maximum Gasteiger partial charge on any atom is 0.321 e. The number of rotatable bonds is 5. The van der Waals surface area contributed by atoms with Gasteiger partial charge in [-0.15, -0.1) is 0 Å². The zero-order valence-corrected chi connectivity index (χ0v) is 19.2. The summed E-state index contributed by atoms with van der Waals surface area (Å²) in [5.41, 5.74) is 2.23. The Hall–Kier alpha value is -3.10. The van der Waals surface area contributed by atoms with E-state index in [1.807, 2.05) is 55.5 Å². The molecule has 6 nitrogen and oxygen atoms in total. The number of sulfonamides is 1. The molecule has 0 radical (unpaired) electrons. The summed E-state index contributed by atoms with van der Waals surface area (Å²) >= 11 is 1.10. The fourth-order valence-corrected chi connectivity index (χ4v) is 6.69. The molecule has 1 fully saturated rings. The van der Waals surface area contributed by atoms with Gasteiger partial charge in [-0.05, 0) is 36.8 Å². The van der Waals surface area contributed by atoms with Crippen molar-refractivity contribution in [3.63, 3.8) is 0 Å². The van der Waals surface area contributed by atoms with Gasteiger partial charge in [-0.3, -0.25) is 4.79 Å². The third-order valence-corrected chi connectivity index (χ3v) is 8.20. The van der Waals surface area contributed by atoms with Crippen LogP contribution in [-0.4, -0.2) is 36.2 Å². The smallest absolute Gasteiger partial charge is 0.321 e. The van der Waals surface area contributed by atoms with Gasteiger partial charge in [-0.25, -0.2) is 17.7 Å². The van der Waals surface area contributed by atoms with E-state index in [1.54, 1.807) is 36.4 Å². The summed E-state index contributed by atoms with van der Waals surface area (Å²) < 4.78 is 34.0.